The van der Waals surface area contributed by atoms with E-state index >= 15 is 0 Å². The number of carbonyl (C=O) groups excluding carboxylic acids is 4. The molecule has 10 unspecified atom stereocenters. The van der Waals surface area contributed by atoms with Crippen molar-refractivity contribution in [2.24, 2.45) is 0 Å². The number of carboxylic acids is 2. The third kappa shape index (κ3) is 7.56. The maximum absolute atomic E-state index is 14.4. The number of hydrogen-bond donors (Lipinski definition) is 14. The van der Waals surface area contributed by atoms with E-state index in [1.807, 2.05) is 0 Å². The lowest BCUT2D eigenvalue weighted by Crippen LogP contribution is -2.55. The summed E-state index contributed by atoms with van der Waals surface area (Å²) in [5, 5.41) is 178. The van der Waals surface area contributed by atoms with Crippen LogP contribution in [-0.4, -0.2) is 190 Å². The van der Waals surface area contributed by atoms with Gasteiger partial charge in [-0.15, -0.1) is 0 Å². The topological polar surface area (TPSA) is 500 Å². The van der Waals surface area contributed by atoms with E-state index in [4.69, 9.17) is 17.1 Å². The van der Waals surface area contributed by atoms with E-state index in [0.717, 1.165) is 13.8 Å². The Morgan fingerprint density at radius 3 is 1.19 bits per heavy atom. The summed E-state index contributed by atoms with van der Waals surface area (Å²) in [6, 6.07) is 1.12. The number of ketones is 4. The predicted octanol–water partition coefficient (Wildman–Crippen LogP) is -4.58. The normalized spacial score (nSPS) is 25.4. The van der Waals surface area contributed by atoms with E-state index < -0.39 is 249 Å². The van der Waals surface area contributed by atoms with Crippen molar-refractivity contribution in [2.75, 3.05) is 13.2 Å². The average Bonchev–Trinajstić information content (AvgIpc) is 3.30. The third-order valence-electron chi connectivity index (χ3n) is 12.9. The number of rotatable bonds is 10. The molecular formula is C44H38AlO27-2. The molecule has 0 aromatic heterocycles. The molecule has 16 N–H and O–H groups in total. The molecule has 27 nitrogen and oxygen atoms in total. The smallest absolute Gasteiger partial charge is 0.872 e. The van der Waals surface area contributed by atoms with E-state index in [2.05, 4.69) is 0 Å². The molecular weight excluding hydrogens is 987 g/mol. The molecule has 4 aromatic rings. The van der Waals surface area contributed by atoms with Gasteiger partial charge in [-0.25, -0.2) is 9.59 Å². The molecule has 2 fully saturated rings. The first-order chi connectivity index (χ1) is 33.3. The number of aromatic hydroxyl groups is 4. The van der Waals surface area contributed by atoms with Crippen molar-refractivity contribution >= 4 is 51.0 Å². The van der Waals surface area contributed by atoms with Gasteiger partial charge in [-0.3, -0.25) is 19.2 Å². The fraction of sp³-hybridized carbons (Fsp3) is 0.318. The Morgan fingerprint density at radius 2 is 0.889 bits per heavy atom. The number of carboxylic acid groups (broad SMARTS) is 2. The number of ether oxygens (including phenoxy) is 2. The second-order valence-electron chi connectivity index (χ2n) is 16.7. The van der Waals surface area contributed by atoms with Crippen molar-refractivity contribution in [3.8, 4) is 46.0 Å². The largest absolute Gasteiger partial charge is 0.882 e. The maximum Gasteiger partial charge on any atom is 0.882 e. The van der Waals surface area contributed by atoms with Gasteiger partial charge in [-0.2, -0.15) is 0 Å². The number of aliphatic hydroxyl groups excluding tert-OH is 8. The molecule has 2 heterocycles. The van der Waals surface area contributed by atoms with Gasteiger partial charge in [0.25, 0.3) is 0 Å². The second kappa shape index (κ2) is 18.9. The van der Waals surface area contributed by atoms with E-state index in [-0.39, 0.29) is 5.48 Å². The molecule has 28 heteroatoms. The van der Waals surface area contributed by atoms with Gasteiger partial charge in [0.2, 0.25) is 0 Å². The SMILES string of the molecule is Cc1c(C(=O)O)c(O)cc2c1C(=O)c1c([O-])c(C3OC(CO)C(O)C(O)C3O)c(O)c([O][Al][O]c3c(O)c(C4OC(CO)C(O)C(O)C4O)c([O-])c4c3C(=O)c3cc(O)c(C(=O)O)c(C)c3C4=O)c1C2=O.O. The lowest BCUT2D eigenvalue weighted by molar-refractivity contribution is -0.277. The molecule has 8 rings (SSSR count). The highest BCUT2D eigenvalue weighted by Gasteiger charge is 2.50. The number of benzene rings is 4. The fourth-order valence-electron chi connectivity index (χ4n) is 9.45. The van der Waals surface area contributed by atoms with Crippen molar-refractivity contribution < 1.29 is 133 Å². The zero-order valence-electron chi connectivity index (χ0n) is 36.6. The summed E-state index contributed by atoms with van der Waals surface area (Å²) in [5.74, 6) is -20.0. The zero-order chi connectivity index (χ0) is 52.3. The molecule has 4 aliphatic rings. The van der Waals surface area contributed by atoms with Crippen LogP contribution in [0.4, 0.5) is 0 Å². The van der Waals surface area contributed by atoms with Gasteiger partial charge in [0.05, 0.1) is 24.3 Å². The molecule has 0 spiro atoms. The Morgan fingerprint density at radius 1 is 0.556 bits per heavy atom. The number of hydrogen-bond acceptors (Lipinski definition) is 24. The van der Waals surface area contributed by atoms with Crippen LogP contribution in [0, 0.1) is 13.8 Å². The van der Waals surface area contributed by atoms with Gasteiger partial charge >= 0.3 is 27.8 Å². The molecule has 4 aromatic carbocycles. The van der Waals surface area contributed by atoms with E-state index in [1.165, 1.54) is 0 Å². The minimum Gasteiger partial charge on any atom is -0.872 e. The van der Waals surface area contributed by atoms with Gasteiger partial charge in [-0.05, 0) is 37.1 Å². The van der Waals surface area contributed by atoms with E-state index in [0.29, 0.717) is 12.1 Å². The number of phenols is 4. The van der Waals surface area contributed by atoms with Gasteiger partial charge in [-0.1, -0.05) is 11.5 Å². The predicted molar refractivity (Wildman–Crippen MR) is 225 cm³/mol. The van der Waals surface area contributed by atoms with Crippen molar-refractivity contribution in [1.29, 1.82) is 0 Å². The summed E-state index contributed by atoms with van der Waals surface area (Å²) in [7, 11) is 0. The summed E-state index contributed by atoms with van der Waals surface area (Å²) in [4.78, 5) is 81.9. The number of aliphatic hydroxyl groups is 8. The summed E-state index contributed by atoms with van der Waals surface area (Å²) < 4.78 is 22.5. The Balaban J connectivity index is 0.00000760. The van der Waals surface area contributed by atoms with Crippen LogP contribution in [-0.2, 0) is 9.47 Å². The molecule has 0 bridgehead atoms. The highest BCUT2D eigenvalue weighted by molar-refractivity contribution is 6.34. The van der Waals surface area contributed by atoms with Gasteiger partial charge in [0, 0.05) is 44.5 Å². The van der Waals surface area contributed by atoms with Crippen LogP contribution in [0.1, 0.15) is 119 Å². The Labute approximate surface area is 407 Å². The van der Waals surface area contributed by atoms with Crippen LogP contribution in [0.3, 0.4) is 0 Å². The molecule has 1 radical (unpaired) electrons. The van der Waals surface area contributed by atoms with Crippen molar-refractivity contribution in [2.45, 2.75) is 74.9 Å². The average molecular weight is 1030 g/mol. The molecule has 2 aliphatic heterocycles. The molecule has 2 saturated heterocycles. The minimum atomic E-state index is -2.65. The van der Waals surface area contributed by atoms with Crippen LogP contribution >= 0.6 is 0 Å². The molecule has 72 heavy (non-hydrogen) atoms. The van der Waals surface area contributed by atoms with Crippen molar-refractivity contribution in [3.63, 3.8) is 0 Å². The second-order valence-corrected chi connectivity index (χ2v) is 17.4. The summed E-state index contributed by atoms with van der Waals surface area (Å²) in [5.41, 5.74) is -12.8. The number of carbonyl (C=O) groups is 6. The van der Waals surface area contributed by atoms with Crippen LogP contribution in [0.5, 0.6) is 46.0 Å². The number of fused-ring (bicyclic) bond motifs is 4. The Bertz CT molecular complexity index is 2850. The Kier molecular flexibility index (Phi) is 13.8. The van der Waals surface area contributed by atoms with Crippen LogP contribution < -0.4 is 17.8 Å². The van der Waals surface area contributed by atoms with Crippen molar-refractivity contribution in [3.05, 3.63) is 90.0 Å². The number of phenolic OH excluding ortho intramolecular Hbond substituents is 2. The lowest BCUT2D eigenvalue weighted by atomic mass is 9.77. The molecule has 381 valence electrons. The monoisotopic (exact) mass is 1030 g/mol. The van der Waals surface area contributed by atoms with E-state index in [1.54, 1.807) is 0 Å². The first-order valence-corrected chi connectivity index (χ1v) is 21.6. The highest BCUT2D eigenvalue weighted by Crippen LogP contribution is 2.54. The summed E-state index contributed by atoms with van der Waals surface area (Å²) >= 11 is -2.65. The third-order valence-corrected chi connectivity index (χ3v) is 13.6. The molecule has 0 saturated carbocycles. The first kappa shape index (κ1) is 52.8. The maximum atomic E-state index is 14.4. The van der Waals surface area contributed by atoms with Crippen LogP contribution in [0.25, 0.3) is 0 Å². The van der Waals surface area contributed by atoms with Crippen LogP contribution in [0.2, 0.25) is 0 Å². The molecule has 10 atom stereocenters. The first-order valence-electron chi connectivity index (χ1n) is 20.7. The minimum absolute atomic E-state index is 0. The van der Waals surface area contributed by atoms with Crippen LogP contribution in [0.15, 0.2) is 12.1 Å². The number of aromatic carboxylic acids is 2. The van der Waals surface area contributed by atoms with Gasteiger partial charge in [0.15, 0.2) is 34.6 Å². The Hall–Kier alpha value is -7.01. The summed E-state index contributed by atoms with van der Waals surface area (Å²) in [6.45, 7) is -0.149. The lowest BCUT2D eigenvalue weighted by Gasteiger charge is -2.42. The highest BCUT2D eigenvalue weighted by atomic mass is 27.2. The zero-order valence-corrected chi connectivity index (χ0v) is 37.7. The fourth-order valence-corrected chi connectivity index (χ4v) is 10.1. The van der Waals surface area contributed by atoms with Crippen molar-refractivity contribution in [1.82, 2.24) is 0 Å². The van der Waals surface area contributed by atoms with E-state index in [9.17, 15) is 110 Å². The van der Waals surface area contributed by atoms with Gasteiger partial charge < -0.3 is 104 Å². The molecule has 0 amide bonds. The van der Waals surface area contributed by atoms with Gasteiger partial charge in [0.1, 0.15) is 95.2 Å². The molecule has 2 aliphatic carbocycles. The standard InChI is InChI=1S/2C22H20O13.Al.H2O/c2*1-4-8-5(2-6(24)9(4)22(33)34)13(25)10-11(15(8)27)16(28)12(18(30)17(10)29)21-20(32)19(31)14(26)7(3-23)35-21;;/h2*2,7,14,19-21,23-24,26,28-32H,3H2,1H3,(H,33,34);;1H2/q;;+2;/p-4. The summed E-state index contributed by atoms with van der Waals surface area (Å²) in [6.07, 6.45) is -21.4. The quantitative estimate of drug-likeness (QED) is 0.0574.